The molecule has 1 fully saturated rings. The first-order valence-electron chi connectivity index (χ1n) is 4.58. The molecule has 5 nitrogen and oxygen atoms in total. The SMILES string of the molecule is CC1(C)CC(=O)N(CC(N)C(=O)O)C1. The van der Waals surface area contributed by atoms with Crippen molar-refractivity contribution in [1.29, 1.82) is 0 Å². The molecule has 0 bridgehead atoms. The number of amides is 1. The second-order valence-electron chi connectivity index (χ2n) is 4.56. The Balaban J connectivity index is 2.55. The number of carboxylic acid groups (broad SMARTS) is 1. The van der Waals surface area contributed by atoms with Gasteiger partial charge in [-0.05, 0) is 5.41 Å². The van der Waals surface area contributed by atoms with Crippen molar-refractivity contribution in [2.45, 2.75) is 26.3 Å². The van der Waals surface area contributed by atoms with Crippen molar-refractivity contribution in [3.05, 3.63) is 0 Å². The molecule has 1 aliphatic heterocycles. The maximum Gasteiger partial charge on any atom is 0.322 e. The standard InChI is InChI=1S/C9H16N2O3/c1-9(2)3-7(12)11(5-9)4-6(10)8(13)14/h6H,3-5,10H2,1-2H3,(H,13,14). The Hall–Kier alpha value is -1.10. The van der Waals surface area contributed by atoms with Crippen LogP contribution in [0.3, 0.4) is 0 Å². The van der Waals surface area contributed by atoms with Crippen LogP contribution in [0.15, 0.2) is 0 Å². The molecule has 14 heavy (non-hydrogen) atoms. The van der Waals surface area contributed by atoms with E-state index in [1.165, 1.54) is 4.90 Å². The Bertz CT molecular complexity index is 263. The van der Waals surface area contributed by atoms with Gasteiger partial charge >= 0.3 is 5.97 Å². The molecule has 80 valence electrons. The average Bonchev–Trinajstić information content (AvgIpc) is 2.24. The second kappa shape index (κ2) is 3.57. The molecule has 1 atom stereocenters. The summed E-state index contributed by atoms with van der Waals surface area (Å²) in [6, 6.07) is -0.979. The van der Waals surface area contributed by atoms with Crippen LogP contribution in [0.2, 0.25) is 0 Å². The maximum atomic E-state index is 11.4. The number of rotatable bonds is 3. The summed E-state index contributed by atoms with van der Waals surface area (Å²) in [7, 11) is 0. The molecule has 0 aromatic carbocycles. The molecule has 3 N–H and O–H groups in total. The number of carbonyl (C=O) groups excluding carboxylic acids is 1. The average molecular weight is 200 g/mol. The number of hydrogen-bond acceptors (Lipinski definition) is 3. The summed E-state index contributed by atoms with van der Waals surface area (Å²) in [5.74, 6) is -1.07. The Morgan fingerprint density at radius 2 is 2.29 bits per heavy atom. The molecule has 5 heteroatoms. The predicted octanol–water partition coefficient (Wildman–Crippen LogP) is -0.343. The first-order chi connectivity index (χ1) is 6.32. The normalized spacial score (nSPS) is 22.5. The van der Waals surface area contributed by atoms with Crippen LogP contribution in [-0.4, -0.2) is 41.0 Å². The molecule has 1 unspecified atom stereocenters. The summed E-state index contributed by atoms with van der Waals surface area (Å²) < 4.78 is 0. The highest BCUT2D eigenvalue weighted by Gasteiger charge is 2.36. The summed E-state index contributed by atoms with van der Waals surface area (Å²) in [6.45, 7) is 4.67. The lowest BCUT2D eigenvalue weighted by Gasteiger charge is -2.21. The van der Waals surface area contributed by atoms with Crippen molar-refractivity contribution >= 4 is 11.9 Å². The van der Waals surface area contributed by atoms with Crippen LogP contribution < -0.4 is 5.73 Å². The molecule has 1 heterocycles. The van der Waals surface area contributed by atoms with Crippen molar-refractivity contribution in [1.82, 2.24) is 4.90 Å². The van der Waals surface area contributed by atoms with Crippen molar-refractivity contribution in [3.8, 4) is 0 Å². The number of hydrogen-bond donors (Lipinski definition) is 2. The van der Waals surface area contributed by atoms with E-state index in [9.17, 15) is 9.59 Å². The van der Waals surface area contributed by atoms with E-state index in [4.69, 9.17) is 10.8 Å². The van der Waals surface area contributed by atoms with Crippen LogP contribution >= 0.6 is 0 Å². The van der Waals surface area contributed by atoms with Crippen molar-refractivity contribution in [2.75, 3.05) is 13.1 Å². The second-order valence-corrected chi connectivity index (χ2v) is 4.56. The Morgan fingerprint density at radius 3 is 2.64 bits per heavy atom. The molecule has 1 rings (SSSR count). The van der Waals surface area contributed by atoms with E-state index in [1.807, 2.05) is 13.8 Å². The fraction of sp³-hybridized carbons (Fsp3) is 0.778. The first-order valence-corrected chi connectivity index (χ1v) is 4.58. The highest BCUT2D eigenvalue weighted by molar-refractivity contribution is 5.81. The number of nitrogens with two attached hydrogens (primary N) is 1. The van der Waals surface area contributed by atoms with Gasteiger partial charge in [0.2, 0.25) is 5.91 Å². The number of carbonyl (C=O) groups is 2. The minimum absolute atomic E-state index is 0.00769. The lowest BCUT2D eigenvalue weighted by Crippen LogP contribution is -2.43. The molecule has 0 saturated carbocycles. The van der Waals surface area contributed by atoms with Gasteiger partial charge in [-0.1, -0.05) is 13.8 Å². The van der Waals surface area contributed by atoms with Crippen LogP contribution in [-0.2, 0) is 9.59 Å². The molecule has 1 amide bonds. The molecule has 0 aliphatic carbocycles. The topological polar surface area (TPSA) is 83.6 Å². The van der Waals surface area contributed by atoms with E-state index in [-0.39, 0.29) is 17.9 Å². The minimum Gasteiger partial charge on any atom is -0.480 e. The van der Waals surface area contributed by atoms with Gasteiger partial charge < -0.3 is 15.7 Å². The fourth-order valence-corrected chi connectivity index (χ4v) is 1.66. The predicted molar refractivity (Wildman–Crippen MR) is 50.6 cm³/mol. The van der Waals surface area contributed by atoms with E-state index < -0.39 is 12.0 Å². The van der Waals surface area contributed by atoms with E-state index >= 15 is 0 Å². The maximum absolute atomic E-state index is 11.4. The third-order valence-electron chi connectivity index (χ3n) is 2.34. The number of carboxylic acids is 1. The smallest absolute Gasteiger partial charge is 0.322 e. The van der Waals surface area contributed by atoms with Crippen LogP contribution in [0.5, 0.6) is 0 Å². The molecule has 0 aromatic rings. The Kier molecular flexibility index (Phi) is 2.80. The van der Waals surface area contributed by atoms with Gasteiger partial charge in [0.15, 0.2) is 0 Å². The molecule has 0 aromatic heterocycles. The van der Waals surface area contributed by atoms with E-state index in [1.54, 1.807) is 0 Å². The van der Waals surface area contributed by atoms with Gasteiger partial charge in [-0.2, -0.15) is 0 Å². The van der Waals surface area contributed by atoms with E-state index in [0.29, 0.717) is 13.0 Å². The zero-order valence-corrected chi connectivity index (χ0v) is 8.49. The molecule has 1 saturated heterocycles. The Morgan fingerprint density at radius 1 is 1.71 bits per heavy atom. The zero-order chi connectivity index (χ0) is 10.9. The lowest BCUT2D eigenvalue weighted by molar-refractivity contribution is -0.139. The third kappa shape index (κ3) is 2.45. The van der Waals surface area contributed by atoms with Gasteiger partial charge in [-0.15, -0.1) is 0 Å². The number of likely N-dealkylation sites (tertiary alicyclic amines) is 1. The number of aliphatic carboxylic acids is 1. The third-order valence-corrected chi connectivity index (χ3v) is 2.34. The van der Waals surface area contributed by atoms with Crippen LogP contribution in [0, 0.1) is 5.41 Å². The van der Waals surface area contributed by atoms with E-state index in [0.717, 1.165) is 0 Å². The van der Waals surface area contributed by atoms with Crippen molar-refractivity contribution in [2.24, 2.45) is 11.1 Å². The van der Waals surface area contributed by atoms with Gasteiger partial charge in [0.05, 0.1) is 0 Å². The van der Waals surface area contributed by atoms with Gasteiger partial charge in [0.25, 0.3) is 0 Å². The summed E-state index contributed by atoms with van der Waals surface area (Å²) >= 11 is 0. The van der Waals surface area contributed by atoms with Crippen LogP contribution in [0.25, 0.3) is 0 Å². The first kappa shape index (κ1) is 11.0. The molecule has 0 spiro atoms. The van der Waals surface area contributed by atoms with Gasteiger partial charge in [0, 0.05) is 19.5 Å². The highest BCUT2D eigenvalue weighted by Crippen LogP contribution is 2.29. The van der Waals surface area contributed by atoms with Crippen molar-refractivity contribution in [3.63, 3.8) is 0 Å². The monoisotopic (exact) mass is 200 g/mol. The van der Waals surface area contributed by atoms with Crippen molar-refractivity contribution < 1.29 is 14.7 Å². The highest BCUT2D eigenvalue weighted by atomic mass is 16.4. The summed E-state index contributed by atoms with van der Waals surface area (Å²) in [5, 5.41) is 8.60. The summed E-state index contributed by atoms with van der Waals surface area (Å²) in [6.07, 6.45) is 0.472. The van der Waals surface area contributed by atoms with E-state index in [2.05, 4.69) is 0 Å². The fourth-order valence-electron chi connectivity index (χ4n) is 1.66. The molecular formula is C9H16N2O3. The molecular weight excluding hydrogens is 184 g/mol. The van der Waals surface area contributed by atoms with Crippen LogP contribution in [0.4, 0.5) is 0 Å². The zero-order valence-electron chi connectivity index (χ0n) is 8.49. The quantitative estimate of drug-likeness (QED) is 0.652. The largest absolute Gasteiger partial charge is 0.480 e. The molecule has 1 aliphatic rings. The molecule has 0 radical (unpaired) electrons. The minimum atomic E-state index is -1.07. The number of nitrogens with zero attached hydrogens (tertiary/aromatic N) is 1. The Labute approximate surface area is 82.9 Å². The van der Waals surface area contributed by atoms with Gasteiger partial charge in [-0.3, -0.25) is 9.59 Å². The van der Waals surface area contributed by atoms with Gasteiger partial charge in [-0.25, -0.2) is 0 Å². The summed E-state index contributed by atoms with van der Waals surface area (Å²) in [5.41, 5.74) is 5.29. The summed E-state index contributed by atoms with van der Waals surface area (Å²) in [4.78, 5) is 23.4. The van der Waals surface area contributed by atoms with Gasteiger partial charge in [0.1, 0.15) is 6.04 Å². The lowest BCUT2D eigenvalue weighted by atomic mass is 9.93. The van der Waals surface area contributed by atoms with Crippen LogP contribution in [0.1, 0.15) is 20.3 Å².